The number of halogens is 3. The molecule has 1 aromatic carbocycles. The molecule has 0 unspecified atom stereocenters. The van der Waals surface area contributed by atoms with Gasteiger partial charge in [0.25, 0.3) is 0 Å². The molecule has 5 nitrogen and oxygen atoms in total. The predicted molar refractivity (Wildman–Crippen MR) is 75.6 cm³/mol. The van der Waals surface area contributed by atoms with Crippen molar-refractivity contribution in [2.45, 2.75) is 18.7 Å². The van der Waals surface area contributed by atoms with Gasteiger partial charge in [0.15, 0.2) is 17.6 Å². The van der Waals surface area contributed by atoms with Crippen molar-refractivity contribution in [2.24, 2.45) is 0 Å². The van der Waals surface area contributed by atoms with Gasteiger partial charge < -0.3 is 19.1 Å². The topological polar surface area (TPSA) is 48.0 Å². The van der Waals surface area contributed by atoms with Gasteiger partial charge >= 0.3 is 6.18 Å². The summed E-state index contributed by atoms with van der Waals surface area (Å²) in [5.74, 6) is 0.464. The lowest BCUT2D eigenvalue weighted by molar-refractivity contribution is -0.236. The standard InChI is InChI=1S/C15H18F3NO4/c1-21-11-5-3-4-10(14(11)22-2)8-13(20)19-6-7-23-12(9-19)15(16,17)18/h3-5,12H,6-9H2,1-2H3/t12-/m1/s1. The molecule has 0 aromatic heterocycles. The molecule has 1 heterocycles. The Bertz CT molecular complexity index is 562. The summed E-state index contributed by atoms with van der Waals surface area (Å²) < 4.78 is 53.2. The van der Waals surface area contributed by atoms with E-state index in [1.165, 1.54) is 19.1 Å². The van der Waals surface area contributed by atoms with Crippen molar-refractivity contribution >= 4 is 5.91 Å². The summed E-state index contributed by atoms with van der Waals surface area (Å²) in [6.45, 7) is -0.489. The Balaban J connectivity index is 2.10. The van der Waals surface area contributed by atoms with Crippen LogP contribution in [-0.4, -0.2) is 57.0 Å². The first-order valence-electron chi connectivity index (χ1n) is 7.02. The van der Waals surface area contributed by atoms with Crippen LogP contribution < -0.4 is 9.47 Å². The number of carbonyl (C=O) groups excluding carboxylic acids is 1. The number of amides is 1. The number of ether oxygens (including phenoxy) is 3. The van der Waals surface area contributed by atoms with E-state index in [1.807, 2.05) is 0 Å². The summed E-state index contributed by atoms with van der Waals surface area (Å²) in [7, 11) is 2.92. The van der Waals surface area contributed by atoms with Gasteiger partial charge in [-0.25, -0.2) is 0 Å². The van der Waals surface area contributed by atoms with E-state index in [9.17, 15) is 18.0 Å². The van der Waals surface area contributed by atoms with Crippen LogP contribution in [0.4, 0.5) is 13.2 Å². The zero-order valence-electron chi connectivity index (χ0n) is 12.9. The number of hydrogen-bond donors (Lipinski definition) is 0. The molecule has 128 valence electrons. The monoisotopic (exact) mass is 333 g/mol. The van der Waals surface area contributed by atoms with E-state index in [0.29, 0.717) is 17.1 Å². The normalized spacial score (nSPS) is 18.7. The summed E-state index contributed by atoms with van der Waals surface area (Å²) in [6.07, 6.45) is -6.48. The van der Waals surface area contributed by atoms with Crippen molar-refractivity contribution in [2.75, 3.05) is 33.9 Å². The van der Waals surface area contributed by atoms with Crippen LogP contribution in [0.25, 0.3) is 0 Å². The molecule has 1 aliphatic rings. The molecule has 1 saturated heterocycles. The number of benzene rings is 1. The van der Waals surface area contributed by atoms with Gasteiger partial charge in [-0.15, -0.1) is 0 Å². The number of alkyl halides is 3. The largest absolute Gasteiger partial charge is 0.493 e. The molecule has 0 bridgehead atoms. The average molecular weight is 333 g/mol. The van der Waals surface area contributed by atoms with Crippen molar-refractivity contribution < 1.29 is 32.2 Å². The second-order valence-electron chi connectivity index (χ2n) is 5.07. The fourth-order valence-corrected chi connectivity index (χ4v) is 2.44. The lowest BCUT2D eigenvalue weighted by atomic mass is 10.1. The molecular formula is C15H18F3NO4. The van der Waals surface area contributed by atoms with E-state index in [4.69, 9.17) is 14.2 Å². The quantitative estimate of drug-likeness (QED) is 0.846. The minimum atomic E-state index is -4.48. The van der Waals surface area contributed by atoms with Gasteiger partial charge in [-0.3, -0.25) is 4.79 Å². The van der Waals surface area contributed by atoms with Crippen LogP contribution in [-0.2, 0) is 16.0 Å². The molecule has 23 heavy (non-hydrogen) atoms. The Kier molecular flexibility index (Phi) is 5.35. The molecule has 1 aromatic rings. The zero-order chi connectivity index (χ0) is 17.0. The molecule has 1 fully saturated rings. The first-order valence-corrected chi connectivity index (χ1v) is 7.02. The minimum absolute atomic E-state index is 0.0645. The third-order valence-corrected chi connectivity index (χ3v) is 3.61. The maximum Gasteiger partial charge on any atom is 0.416 e. The maximum atomic E-state index is 12.7. The Labute approximate surface area is 131 Å². The Morgan fingerprint density at radius 3 is 2.70 bits per heavy atom. The lowest BCUT2D eigenvalue weighted by Crippen LogP contribution is -2.51. The highest BCUT2D eigenvalue weighted by atomic mass is 19.4. The SMILES string of the molecule is COc1cccc(CC(=O)N2CCO[C@@H](C(F)(F)F)C2)c1OC. The van der Waals surface area contributed by atoms with E-state index in [2.05, 4.69) is 0 Å². The molecule has 1 amide bonds. The van der Waals surface area contributed by atoms with Crippen molar-refractivity contribution in [3.63, 3.8) is 0 Å². The van der Waals surface area contributed by atoms with E-state index in [0.717, 1.165) is 0 Å². The van der Waals surface area contributed by atoms with Crippen molar-refractivity contribution in [3.05, 3.63) is 23.8 Å². The first kappa shape index (κ1) is 17.4. The Hall–Kier alpha value is -1.96. The van der Waals surface area contributed by atoms with Crippen LogP contribution in [0.5, 0.6) is 11.5 Å². The smallest absolute Gasteiger partial charge is 0.416 e. The van der Waals surface area contributed by atoms with E-state index in [-0.39, 0.29) is 19.6 Å². The van der Waals surface area contributed by atoms with Gasteiger partial charge in [0.2, 0.25) is 5.91 Å². The summed E-state index contributed by atoms with van der Waals surface area (Å²) in [5, 5.41) is 0. The van der Waals surface area contributed by atoms with Gasteiger partial charge in [-0.1, -0.05) is 12.1 Å². The third-order valence-electron chi connectivity index (χ3n) is 3.61. The van der Waals surface area contributed by atoms with Crippen molar-refractivity contribution in [1.82, 2.24) is 4.90 Å². The van der Waals surface area contributed by atoms with Crippen LogP contribution in [0, 0.1) is 0 Å². The van der Waals surface area contributed by atoms with Crippen LogP contribution in [0.15, 0.2) is 18.2 Å². The molecular weight excluding hydrogens is 315 g/mol. The highest BCUT2D eigenvalue weighted by molar-refractivity contribution is 5.80. The summed E-state index contributed by atoms with van der Waals surface area (Å²) in [4.78, 5) is 13.5. The second kappa shape index (κ2) is 7.08. The fourth-order valence-electron chi connectivity index (χ4n) is 2.44. The molecule has 0 spiro atoms. The van der Waals surface area contributed by atoms with E-state index >= 15 is 0 Å². The molecule has 1 aliphatic heterocycles. The third kappa shape index (κ3) is 4.07. The molecule has 0 N–H and O–H groups in total. The van der Waals surface area contributed by atoms with Gasteiger partial charge in [-0.2, -0.15) is 13.2 Å². The van der Waals surface area contributed by atoms with Crippen LogP contribution >= 0.6 is 0 Å². The summed E-state index contributed by atoms with van der Waals surface area (Å²) in [6, 6.07) is 5.06. The fraction of sp³-hybridized carbons (Fsp3) is 0.533. The number of carbonyl (C=O) groups is 1. The first-order chi connectivity index (χ1) is 10.9. The van der Waals surface area contributed by atoms with E-state index in [1.54, 1.807) is 18.2 Å². The van der Waals surface area contributed by atoms with Gasteiger partial charge in [-0.05, 0) is 6.07 Å². The number of hydrogen-bond acceptors (Lipinski definition) is 4. The molecule has 8 heteroatoms. The summed E-state index contributed by atoms with van der Waals surface area (Å²) >= 11 is 0. The number of methoxy groups -OCH3 is 2. The average Bonchev–Trinajstić information content (AvgIpc) is 2.53. The predicted octanol–water partition coefficient (Wildman–Crippen LogP) is 2.04. The van der Waals surface area contributed by atoms with Gasteiger partial charge in [0.05, 0.1) is 33.8 Å². The second-order valence-corrected chi connectivity index (χ2v) is 5.07. The lowest BCUT2D eigenvalue weighted by Gasteiger charge is -2.34. The van der Waals surface area contributed by atoms with Crippen LogP contribution in [0.1, 0.15) is 5.56 Å². The van der Waals surface area contributed by atoms with Gasteiger partial charge in [0, 0.05) is 12.1 Å². The number of rotatable bonds is 4. The molecule has 0 aliphatic carbocycles. The minimum Gasteiger partial charge on any atom is -0.493 e. The van der Waals surface area contributed by atoms with Crippen LogP contribution in [0.2, 0.25) is 0 Å². The van der Waals surface area contributed by atoms with Crippen molar-refractivity contribution in [1.29, 1.82) is 0 Å². The van der Waals surface area contributed by atoms with E-state index < -0.39 is 24.7 Å². The number of nitrogens with zero attached hydrogens (tertiary/aromatic N) is 1. The highest BCUT2D eigenvalue weighted by Crippen LogP contribution is 2.31. The summed E-state index contributed by atoms with van der Waals surface area (Å²) in [5.41, 5.74) is 0.562. The Morgan fingerprint density at radius 2 is 2.09 bits per heavy atom. The zero-order valence-corrected chi connectivity index (χ0v) is 12.9. The van der Waals surface area contributed by atoms with Gasteiger partial charge in [0.1, 0.15) is 0 Å². The number of morpholine rings is 1. The van der Waals surface area contributed by atoms with Crippen LogP contribution in [0.3, 0.4) is 0 Å². The molecule has 0 radical (unpaired) electrons. The molecule has 2 rings (SSSR count). The molecule has 1 atom stereocenters. The van der Waals surface area contributed by atoms with Crippen molar-refractivity contribution in [3.8, 4) is 11.5 Å². The number of para-hydroxylation sites is 1. The molecule has 0 saturated carbocycles. The Morgan fingerprint density at radius 1 is 1.35 bits per heavy atom. The maximum absolute atomic E-state index is 12.7. The highest BCUT2D eigenvalue weighted by Gasteiger charge is 2.44.